The Morgan fingerprint density at radius 2 is 1.97 bits per heavy atom. The van der Waals surface area contributed by atoms with E-state index in [4.69, 9.17) is 9.47 Å². The van der Waals surface area contributed by atoms with Crippen LogP contribution in [0.25, 0.3) is 0 Å². The van der Waals surface area contributed by atoms with Gasteiger partial charge in [-0.15, -0.1) is 5.10 Å². The van der Waals surface area contributed by atoms with Gasteiger partial charge in [-0.3, -0.25) is 0 Å². The summed E-state index contributed by atoms with van der Waals surface area (Å²) in [6.45, 7) is 8.39. The van der Waals surface area contributed by atoms with Gasteiger partial charge in [-0.05, 0) is 71.1 Å². The Bertz CT molecular complexity index is 889. The van der Waals surface area contributed by atoms with E-state index in [1.54, 1.807) is 0 Å². The zero-order valence-electron chi connectivity index (χ0n) is 17.6. The van der Waals surface area contributed by atoms with Gasteiger partial charge in [0.25, 0.3) is 0 Å². The highest BCUT2D eigenvalue weighted by molar-refractivity contribution is 5.69. The number of aromatic nitrogens is 2. The molecule has 154 valence electrons. The fourth-order valence-electron chi connectivity index (χ4n) is 4.47. The number of aryl methyl sites for hydroxylation is 2. The highest BCUT2D eigenvalue weighted by Gasteiger charge is 2.41. The van der Waals surface area contributed by atoms with Gasteiger partial charge in [0.2, 0.25) is 5.88 Å². The molecule has 0 unspecified atom stereocenters. The molecule has 1 saturated heterocycles. The summed E-state index contributed by atoms with van der Waals surface area (Å²) in [6.07, 6.45) is 3.66. The van der Waals surface area contributed by atoms with E-state index in [1.165, 1.54) is 11.1 Å². The van der Waals surface area contributed by atoms with Crippen LogP contribution in [0.1, 0.15) is 62.8 Å². The summed E-state index contributed by atoms with van der Waals surface area (Å²) < 4.78 is 11.8. The van der Waals surface area contributed by atoms with Crippen molar-refractivity contribution in [2.45, 2.75) is 70.9 Å². The highest BCUT2D eigenvalue weighted by Crippen LogP contribution is 2.45. The first-order chi connectivity index (χ1) is 13.8. The Kier molecular flexibility index (Phi) is 5.19. The number of fused-ring (bicyclic) bond motifs is 3. The Labute approximate surface area is 172 Å². The number of likely N-dealkylation sites (tertiary alicyclic amines) is 1. The SMILES string of the molecule is Cc1ccc(Oc2cccc3c2[C@@H]2CCCN(C(=O)OC(C)(C)C)[C@@H]2CC3)nn1. The van der Waals surface area contributed by atoms with Gasteiger partial charge in [0, 0.05) is 30.1 Å². The van der Waals surface area contributed by atoms with E-state index in [0.29, 0.717) is 5.88 Å². The fourth-order valence-corrected chi connectivity index (χ4v) is 4.47. The number of ether oxygens (including phenoxy) is 2. The van der Waals surface area contributed by atoms with Gasteiger partial charge in [-0.1, -0.05) is 12.1 Å². The van der Waals surface area contributed by atoms with Crippen LogP contribution in [0.3, 0.4) is 0 Å². The van der Waals surface area contributed by atoms with Gasteiger partial charge >= 0.3 is 6.09 Å². The van der Waals surface area contributed by atoms with Crippen molar-refractivity contribution < 1.29 is 14.3 Å². The number of benzene rings is 1. The third-order valence-corrected chi connectivity index (χ3v) is 5.63. The van der Waals surface area contributed by atoms with Gasteiger partial charge in [0.05, 0.1) is 5.69 Å². The topological polar surface area (TPSA) is 64.5 Å². The molecule has 2 heterocycles. The van der Waals surface area contributed by atoms with Crippen LogP contribution >= 0.6 is 0 Å². The lowest BCUT2D eigenvalue weighted by atomic mass is 9.74. The lowest BCUT2D eigenvalue weighted by Crippen LogP contribution is -2.50. The van der Waals surface area contributed by atoms with Gasteiger partial charge in [0.15, 0.2) is 0 Å². The van der Waals surface area contributed by atoms with Crippen molar-refractivity contribution in [2.24, 2.45) is 0 Å². The van der Waals surface area contributed by atoms with Gasteiger partial charge in [-0.25, -0.2) is 4.79 Å². The maximum atomic E-state index is 12.8. The van der Waals surface area contributed by atoms with E-state index in [1.807, 2.05) is 56.9 Å². The minimum Gasteiger partial charge on any atom is -0.444 e. The molecular formula is C23H29N3O3. The summed E-state index contributed by atoms with van der Waals surface area (Å²) >= 11 is 0. The molecule has 6 heteroatoms. The Morgan fingerprint density at radius 3 is 2.69 bits per heavy atom. The number of hydrogen-bond donors (Lipinski definition) is 0. The molecule has 1 aliphatic heterocycles. The van der Waals surface area contributed by atoms with Gasteiger partial charge < -0.3 is 14.4 Å². The van der Waals surface area contributed by atoms with Crippen LogP contribution in [0.5, 0.6) is 11.6 Å². The van der Waals surface area contributed by atoms with E-state index in [-0.39, 0.29) is 18.1 Å². The highest BCUT2D eigenvalue weighted by atomic mass is 16.6. The maximum absolute atomic E-state index is 12.8. The number of hydrogen-bond acceptors (Lipinski definition) is 5. The average molecular weight is 396 g/mol. The van der Waals surface area contributed by atoms with Gasteiger partial charge in [0.1, 0.15) is 11.4 Å². The molecule has 0 N–H and O–H groups in total. The first kappa shape index (κ1) is 19.7. The standard InChI is InChI=1S/C23H29N3O3/c1-15-10-13-20(25-24-15)28-19-9-5-7-16-11-12-18-17(21(16)19)8-6-14-26(18)22(27)29-23(2,3)4/h5,7,9-10,13,17-18H,6,8,11-12,14H2,1-4H3/t17-,18-/m1/s1. The van der Waals surface area contributed by atoms with E-state index >= 15 is 0 Å². The molecule has 2 atom stereocenters. The number of nitrogens with zero attached hydrogens (tertiary/aromatic N) is 3. The van der Waals surface area contributed by atoms with E-state index < -0.39 is 5.60 Å². The third kappa shape index (κ3) is 4.21. The van der Waals surface area contributed by atoms with Crippen LogP contribution in [0.2, 0.25) is 0 Å². The molecule has 1 aromatic heterocycles. The number of rotatable bonds is 2. The van der Waals surface area contributed by atoms with Crippen LogP contribution in [0.15, 0.2) is 30.3 Å². The van der Waals surface area contributed by atoms with Crippen molar-refractivity contribution in [2.75, 3.05) is 6.54 Å². The van der Waals surface area contributed by atoms with E-state index in [9.17, 15) is 4.79 Å². The fraction of sp³-hybridized carbons (Fsp3) is 0.522. The van der Waals surface area contributed by atoms with Crippen molar-refractivity contribution >= 4 is 6.09 Å². The molecule has 1 aromatic carbocycles. The van der Waals surface area contributed by atoms with Crippen LogP contribution in [-0.2, 0) is 11.2 Å². The summed E-state index contributed by atoms with van der Waals surface area (Å²) in [7, 11) is 0. The second-order valence-electron chi connectivity index (χ2n) is 8.97. The van der Waals surface area contributed by atoms with Crippen molar-refractivity contribution in [3.8, 4) is 11.6 Å². The normalized spacial score (nSPS) is 21.2. The molecule has 0 bridgehead atoms. The summed E-state index contributed by atoms with van der Waals surface area (Å²) in [4.78, 5) is 14.8. The summed E-state index contributed by atoms with van der Waals surface area (Å²) in [6, 6.07) is 10.1. The molecule has 1 fully saturated rings. The Hall–Kier alpha value is -2.63. The lowest BCUT2D eigenvalue weighted by Gasteiger charge is -2.45. The number of carbonyl (C=O) groups excluding carboxylic acids is 1. The first-order valence-electron chi connectivity index (χ1n) is 10.4. The zero-order valence-corrected chi connectivity index (χ0v) is 17.6. The Balaban J connectivity index is 1.63. The van der Waals surface area contributed by atoms with Crippen LogP contribution in [0, 0.1) is 6.92 Å². The second kappa shape index (κ2) is 7.65. The van der Waals surface area contributed by atoms with Crippen molar-refractivity contribution in [3.63, 3.8) is 0 Å². The monoisotopic (exact) mass is 395 g/mol. The molecule has 2 aromatic rings. The molecule has 0 saturated carbocycles. The molecule has 29 heavy (non-hydrogen) atoms. The lowest BCUT2D eigenvalue weighted by molar-refractivity contribution is 0.00407. The molecule has 1 aliphatic carbocycles. The van der Waals surface area contributed by atoms with E-state index in [2.05, 4.69) is 16.3 Å². The second-order valence-corrected chi connectivity index (χ2v) is 8.97. The molecule has 2 aliphatic rings. The number of piperidine rings is 1. The largest absolute Gasteiger partial charge is 0.444 e. The third-order valence-electron chi connectivity index (χ3n) is 5.63. The van der Waals surface area contributed by atoms with E-state index in [0.717, 1.165) is 43.7 Å². The van der Waals surface area contributed by atoms with Crippen molar-refractivity contribution in [1.29, 1.82) is 0 Å². The minimum atomic E-state index is -0.491. The molecule has 4 rings (SSSR count). The minimum absolute atomic E-state index is 0.139. The predicted octanol–water partition coefficient (Wildman–Crippen LogP) is 5.01. The quantitative estimate of drug-likeness (QED) is 0.715. The number of amides is 1. The summed E-state index contributed by atoms with van der Waals surface area (Å²) in [5.41, 5.74) is 2.87. The van der Waals surface area contributed by atoms with Crippen LogP contribution in [-0.4, -0.2) is 39.4 Å². The van der Waals surface area contributed by atoms with Crippen LogP contribution < -0.4 is 4.74 Å². The van der Waals surface area contributed by atoms with Crippen molar-refractivity contribution in [1.82, 2.24) is 15.1 Å². The predicted molar refractivity (Wildman–Crippen MR) is 110 cm³/mol. The molecule has 0 spiro atoms. The summed E-state index contributed by atoms with van der Waals surface area (Å²) in [5, 5.41) is 8.25. The smallest absolute Gasteiger partial charge is 0.410 e. The molecular weight excluding hydrogens is 366 g/mol. The molecule has 6 nitrogen and oxygen atoms in total. The molecule has 0 radical (unpaired) electrons. The first-order valence-corrected chi connectivity index (χ1v) is 10.4. The molecule has 1 amide bonds. The Morgan fingerprint density at radius 1 is 1.14 bits per heavy atom. The zero-order chi connectivity index (χ0) is 20.6. The maximum Gasteiger partial charge on any atom is 0.410 e. The number of carbonyl (C=O) groups is 1. The van der Waals surface area contributed by atoms with Gasteiger partial charge in [-0.2, -0.15) is 5.10 Å². The van der Waals surface area contributed by atoms with Crippen LogP contribution in [0.4, 0.5) is 4.79 Å². The average Bonchev–Trinajstić information content (AvgIpc) is 2.67. The van der Waals surface area contributed by atoms with Crippen molar-refractivity contribution in [3.05, 3.63) is 47.2 Å². The summed E-state index contributed by atoms with van der Waals surface area (Å²) in [5.74, 6) is 1.56.